The number of ether oxygens (including phenoxy) is 2. The third kappa shape index (κ3) is 7.06. The van der Waals surface area contributed by atoms with Crippen molar-refractivity contribution in [3.05, 3.63) is 35.9 Å². The summed E-state index contributed by atoms with van der Waals surface area (Å²) in [6, 6.07) is 9.22. The molecule has 0 bridgehead atoms. The van der Waals surface area contributed by atoms with Crippen LogP contribution in [0.3, 0.4) is 0 Å². The molecule has 0 aromatic heterocycles. The van der Waals surface area contributed by atoms with Crippen molar-refractivity contribution in [3.63, 3.8) is 0 Å². The van der Waals surface area contributed by atoms with E-state index in [-0.39, 0.29) is 18.9 Å². The van der Waals surface area contributed by atoms with E-state index in [9.17, 15) is 14.4 Å². The third-order valence-electron chi connectivity index (χ3n) is 3.33. The highest BCUT2D eigenvalue weighted by atomic mass is 16.5. The number of esters is 2. The van der Waals surface area contributed by atoms with E-state index in [4.69, 9.17) is 4.74 Å². The average Bonchev–Trinajstić information content (AvgIpc) is 2.55. The van der Waals surface area contributed by atoms with Crippen LogP contribution in [0.5, 0.6) is 0 Å². The van der Waals surface area contributed by atoms with Crippen molar-refractivity contribution in [3.8, 4) is 0 Å². The lowest BCUT2D eigenvalue weighted by atomic mass is 10.1. The molecular formula is C17H23NO5. The Hall–Kier alpha value is -2.21. The van der Waals surface area contributed by atoms with Crippen molar-refractivity contribution < 1.29 is 23.9 Å². The summed E-state index contributed by atoms with van der Waals surface area (Å²) in [4.78, 5) is 36.7. The Balaban J connectivity index is 2.60. The summed E-state index contributed by atoms with van der Waals surface area (Å²) in [7, 11) is 2.97. The van der Waals surface area contributed by atoms with Gasteiger partial charge in [-0.05, 0) is 19.5 Å². The van der Waals surface area contributed by atoms with Gasteiger partial charge in [-0.15, -0.1) is 0 Å². The van der Waals surface area contributed by atoms with E-state index < -0.39 is 17.9 Å². The quantitative estimate of drug-likeness (QED) is 0.506. The van der Waals surface area contributed by atoms with E-state index in [0.29, 0.717) is 13.0 Å². The highest BCUT2D eigenvalue weighted by molar-refractivity contribution is 5.95. The van der Waals surface area contributed by atoms with Crippen molar-refractivity contribution in [2.24, 2.45) is 5.92 Å². The molecule has 0 amide bonds. The molecule has 0 saturated carbocycles. The largest absolute Gasteiger partial charge is 0.468 e. The van der Waals surface area contributed by atoms with E-state index in [0.717, 1.165) is 5.56 Å². The lowest BCUT2D eigenvalue weighted by Gasteiger charge is -2.21. The second-order valence-corrected chi connectivity index (χ2v) is 5.38. The van der Waals surface area contributed by atoms with Gasteiger partial charge in [-0.3, -0.25) is 14.4 Å². The number of ketones is 1. The Morgan fingerprint density at radius 2 is 1.78 bits per heavy atom. The molecule has 0 aliphatic carbocycles. The number of carbonyl (C=O) groups excluding carboxylic acids is 3. The second-order valence-electron chi connectivity index (χ2n) is 5.38. The van der Waals surface area contributed by atoms with Crippen LogP contribution in [0.1, 0.15) is 18.9 Å². The van der Waals surface area contributed by atoms with Gasteiger partial charge in [-0.2, -0.15) is 0 Å². The minimum Gasteiger partial charge on any atom is -0.468 e. The number of rotatable bonds is 9. The van der Waals surface area contributed by atoms with Gasteiger partial charge < -0.3 is 14.4 Å². The summed E-state index contributed by atoms with van der Waals surface area (Å²) in [6.45, 7) is 2.21. The summed E-state index contributed by atoms with van der Waals surface area (Å²) < 4.78 is 9.88. The van der Waals surface area contributed by atoms with Crippen LogP contribution in [0.2, 0.25) is 0 Å². The Kier molecular flexibility index (Phi) is 7.97. The molecule has 6 heteroatoms. The predicted octanol–water partition coefficient (Wildman–Crippen LogP) is 1.43. The standard InChI is InChI=1S/C17H23NO5/c1-13(19)9-10-18(2)11-15(16(20)22-3)17(21)23-12-14-7-5-4-6-8-14/h4-8,15H,9-12H2,1-3H3. The van der Waals surface area contributed by atoms with Crippen molar-refractivity contribution in [1.29, 1.82) is 0 Å². The number of hydrogen-bond acceptors (Lipinski definition) is 6. The fourth-order valence-corrected chi connectivity index (χ4v) is 1.97. The molecule has 0 saturated heterocycles. The molecule has 0 heterocycles. The molecule has 0 spiro atoms. The molecule has 0 fully saturated rings. The predicted molar refractivity (Wildman–Crippen MR) is 84.5 cm³/mol. The number of carbonyl (C=O) groups is 3. The van der Waals surface area contributed by atoms with Crippen LogP contribution in [0.15, 0.2) is 30.3 Å². The van der Waals surface area contributed by atoms with Gasteiger partial charge in [-0.1, -0.05) is 30.3 Å². The van der Waals surface area contributed by atoms with Crippen LogP contribution in [-0.4, -0.2) is 49.9 Å². The molecule has 1 atom stereocenters. The zero-order chi connectivity index (χ0) is 17.2. The van der Waals surface area contributed by atoms with Crippen molar-refractivity contribution >= 4 is 17.7 Å². The lowest BCUT2D eigenvalue weighted by molar-refractivity contribution is -0.162. The van der Waals surface area contributed by atoms with Gasteiger partial charge >= 0.3 is 11.9 Å². The van der Waals surface area contributed by atoms with Gasteiger partial charge in [0.15, 0.2) is 5.92 Å². The van der Waals surface area contributed by atoms with Crippen molar-refractivity contribution in [1.82, 2.24) is 4.90 Å². The molecule has 1 aromatic carbocycles. The minimum atomic E-state index is -1.03. The topological polar surface area (TPSA) is 72.9 Å². The van der Waals surface area contributed by atoms with Crippen molar-refractivity contribution in [2.75, 3.05) is 27.2 Å². The highest BCUT2D eigenvalue weighted by Gasteiger charge is 2.30. The summed E-state index contributed by atoms with van der Waals surface area (Å²) in [6.07, 6.45) is 0.365. The maximum atomic E-state index is 12.2. The number of benzene rings is 1. The third-order valence-corrected chi connectivity index (χ3v) is 3.33. The van der Waals surface area contributed by atoms with Crippen LogP contribution in [0, 0.1) is 5.92 Å². The molecule has 126 valence electrons. The zero-order valence-corrected chi connectivity index (χ0v) is 13.8. The number of Topliss-reactive ketones (excluding diaryl/α,β-unsaturated/α-hetero) is 1. The van der Waals surface area contributed by atoms with Gasteiger partial charge in [0, 0.05) is 19.5 Å². The normalized spacial score (nSPS) is 11.8. The molecule has 0 N–H and O–H groups in total. The molecule has 0 aliphatic heterocycles. The molecule has 1 unspecified atom stereocenters. The van der Waals surface area contributed by atoms with E-state index in [1.54, 1.807) is 11.9 Å². The van der Waals surface area contributed by atoms with Crippen LogP contribution in [0.4, 0.5) is 0 Å². The lowest BCUT2D eigenvalue weighted by Crippen LogP contribution is -2.38. The van der Waals surface area contributed by atoms with Crippen LogP contribution < -0.4 is 0 Å². The molecule has 6 nitrogen and oxygen atoms in total. The van der Waals surface area contributed by atoms with E-state index in [1.165, 1.54) is 14.0 Å². The number of hydrogen-bond donors (Lipinski definition) is 0. The summed E-state index contributed by atoms with van der Waals surface area (Å²) in [5.74, 6) is -2.24. The van der Waals surface area contributed by atoms with E-state index in [2.05, 4.69) is 4.74 Å². The highest BCUT2D eigenvalue weighted by Crippen LogP contribution is 2.09. The van der Waals surface area contributed by atoms with E-state index >= 15 is 0 Å². The molecule has 1 rings (SSSR count). The molecular weight excluding hydrogens is 298 g/mol. The van der Waals surface area contributed by atoms with Crippen LogP contribution in [-0.2, 0) is 30.5 Å². The summed E-state index contributed by atoms with van der Waals surface area (Å²) >= 11 is 0. The maximum absolute atomic E-state index is 12.2. The summed E-state index contributed by atoms with van der Waals surface area (Å²) in [5.41, 5.74) is 0.842. The molecule has 0 radical (unpaired) electrons. The zero-order valence-electron chi connectivity index (χ0n) is 13.8. The van der Waals surface area contributed by atoms with E-state index in [1.807, 2.05) is 30.3 Å². The smallest absolute Gasteiger partial charge is 0.321 e. The van der Waals surface area contributed by atoms with Gasteiger partial charge in [0.25, 0.3) is 0 Å². The second kappa shape index (κ2) is 9.74. The maximum Gasteiger partial charge on any atom is 0.321 e. The first-order chi connectivity index (χ1) is 10.9. The van der Waals surface area contributed by atoms with Gasteiger partial charge in [0.2, 0.25) is 0 Å². The van der Waals surface area contributed by atoms with Gasteiger partial charge in [0.1, 0.15) is 12.4 Å². The Morgan fingerprint density at radius 3 is 2.35 bits per heavy atom. The Bertz CT molecular complexity index is 529. The number of nitrogens with zero attached hydrogens (tertiary/aromatic N) is 1. The molecule has 1 aromatic rings. The number of methoxy groups -OCH3 is 1. The fraction of sp³-hybridized carbons (Fsp3) is 0.471. The molecule has 23 heavy (non-hydrogen) atoms. The average molecular weight is 321 g/mol. The monoisotopic (exact) mass is 321 g/mol. The van der Waals surface area contributed by atoms with Crippen molar-refractivity contribution in [2.45, 2.75) is 20.0 Å². The minimum absolute atomic E-state index is 0.0538. The fourth-order valence-electron chi connectivity index (χ4n) is 1.97. The van der Waals surface area contributed by atoms with Gasteiger partial charge in [-0.25, -0.2) is 0 Å². The Morgan fingerprint density at radius 1 is 1.13 bits per heavy atom. The first-order valence-corrected chi connectivity index (χ1v) is 7.40. The first kappa shape index (κ1) is 18.8. The summed E-state index contributed by atoms with van der Waals surface area (Å²) in [5, 5.41) is 0. The Labute approximate surface area is 136 Å². The SMILES string of the molecule is COC(=O)C(CN(C)CCC(C)=O)C(=O)OCc1ccccc1. The van der Waals surface area contributed by atoms with Crippen LogP contribution in [0.25, 0.3) is 0 Å². The van der Waals surface area contributed by atoms with Crippen LogP contribution >= 0.6 is 0 Å². The molecule has 0 aliphatic rings. The van der Waals surface area contributed by atoms with Gasteiger partial charge in [0.05, 0.1) is 7.11 Å². The first-order valence-electron chi connectivity index (χ1n) is 7.40.